The molecule has 6 nitrogen and oxygen atoms in total. The third-order valence-corrected chi connectivity index (χ3v) is 3.37. The van der Waals surface area contributed by atoms with Crippen molar-refractivity contribution in [3.8, 4) is 0 Å². The Hall–Kier alpha value is -2.76. The minimum atomic E-state index is -0.206. The maximum absolute atomic E-state index is 11.9. The highest BCUT2D eigenvalue weighted by Crippen LogP contribution is 2.04. The van der Waals surface area contributed by atoms with Crippen LogP contribution in [-0.2, 0) is 11.3 Å². The summed E-state index contributed by atoms with van der Waals surface area (Å²) in [5.41, 5.74) is 1.12. The standard InChI is InChI=1S/C17H19N3O3/c1-13-11-17(23)20(12-19-13)10-9-18-16(22)8-7-15(21)14-5-3-2-4-6-14/h2-6,11-12H,7-10H2,1H3,(H,18,22). The molecule has 1 N–H and O–H groups in total. The SMILES string of the molecule is Cc1cc(=O)n(CCNC(=O)CCC(=O)c2ccccc2)cn1. The second kappa shape index (κ2) is 8.03. The van der Waals surface area contributed by atoms with Gasteiger partial charge in [0.1, 0.15) is 0 Å². The lowest BCUT2D eigenvalue weighted by atomic mass is 10.1. The van der Waals surface area contributed by atoms with Crippen LogP contribution in [-0.4, -0.2) is 27.8 Å². The number of aryl methyl sites for hydroxylation is 1. The van der Waals surface area contributed by atoms with Gasteiger partial charge in [0, 0.05) is 43.3 Å². The lowest BCUT2D eigenvalue weighted by molar-refractivity contribution is -0.121. The van der Waals surface area contributed by atoms with E-state index in [9.17, 15) is 14.4 Å². The van der Waals surface area contributed by atoms with Gasteiger partial charge in [-0.25, -0.2) is 4.98 Å². The Labute approximate surface area is 134 Å². The number of carbonyl (C=O) groups excluding carboxylic acids is 2. The number of hydrogen-bond donors (Lipinski definition) is 1. The van der Waals surface area contributed by atoms with Crippen molar-refractivity contribution in [1.29, 1.82) is 0 Å². The van der Waals surface area contributed by atoms with Crippen molar-refractivity contribution in [3.63, 3.8) is 0 Å². The second-order valence-corrected chi connectivity index (χ2v) is 5.20. The van der Waals surface area contributed by atoms with Crippen LogP contribution in [0.5, 0.6) is 0 Å². The van der Waals surface area contributed by atoms with Gasteiger partial charge in [0.05, 0.1) is 6.33 Å². The van der Waals surface area contributed by atoms with Gasteiger partial charge in [-0.05, 0) is 6.92 Å². The highest BCUT2D eigenvalue weighted by molar-refractivity contribution is 5.97. The van der Waals surface area contributed by atoms with Crippen LogP contribution in [0.25, 0.3) is 0 Å². The molecule has 0 aliphatic carbocycles. The predicted molar refractivity (Wildman–Crippen MR) is 86.3 cm³/mol. The number of rotatable bonds is 7. The summed E-state index contributed by atoms with van der Waals surface area (Å²) >= 11 is 0. The molecule has 0 saturated heterocycles. The molecular formula is C17H19N3O3. The molecule has 1 heterocycles. The molecule has 0 atom stereocenters. The zero-order valence-electron chi connectivity index (χ0n) is 13.0. The molecule has 1 aromatic carbocycles. The van der Waals surface area contributed by atoms with Crippen LogP contribution in [0.4, 0.5) is 0 Å². The zero-order valence-corrected chi connectivity index (χ0v) is 13.0. The molecule has 0 fully saturated rings. The van der Waals surface area contributed by atoms with Crippen molar-refractivity contribution in [2.75, 3.05) is 6.54 Å². The molecule has 0 radical (unpaired) electrons. The number of ketones is 1. The predicted octanol–water partition coefficient (Wildman–Crippen LogP) is 1.33. The first-order chi connectivity index (χ1) is 11.1. The molecule has 23 heavy (non-hydrogen) atoms. The van der Waals surface area contributed by atoms with E-state index in [-0.39, 0.29) is 30.1 Å². The molecule has 6 heteroatoms. The number of carbonyl (C=O) groups is 2. The Morgan fingerprint density at radius 1 is 1.17 bits per heavy atom. The fourth-order valence-electron chi connectivity index (χ4n) is 2.08. The third-order valence-electron chi connectivity index (χ3n) is 3.37. The molecule has 0 unspecified atom stereocenters. The number of nitrogens with zero attached hydrogens (tertiary/aromatic N) is 2. The van der Waals surface area contributed by atoms with Crippen LogP contribution in [0.2, 0.25) is 0 Å². The van der Waals surface area contributed by atoms with Crippen molar-refractivity contribution >= 4 is 11.7 Å². The van der Waals surface area contributed by atoms with Crippen molar-refractivity contribution in [2.45, 2.75) is 26.3 Å². The van der Waals surface area contributed by atoms with Gasteiger partial charge in [-0.1, -0.05) is 30.3 Å². The molecule has 0 aliphatic rings. The summed E-state index contributed by atoms with van der Waals surface area (Å²) < 4.78 is 1.43. The average molecular weight is 313 g/mol. The second-order valence-electron chi connectivity index (χ2n) is 5.20. The zero-order chi connectivity index (χ0) is 16.7. The van der Waals surface area contributed by atoms with Gasteiger partial charge in [0.25, 0.3) is 5.56 Å². The number of nitrogens with one attached hydrogen (secondary N) is 1. The lowest BCUT2D eigenvalue weighted by Crippen LogP contribution is -2.31. The van der Waals surface area contributed by atoms with E-state index in [0.717, 1.165) is 0 Å². The topological polar surface area (TPSA) is 81.1 Å². The largest absolute Gasteiger partial charge is 0.354 e. The molecule has 0 aliphatic heterocycles. The first kappa shape index (κ1) is 16.6. The summed E-state index contributed by atoms with van der Waals surface area (Å²) in [7, 11) is 0. The van der Waals surface area contributed by atoms with E-state index in [1.165, 1.54) is 17.0 Å². The third kappa shape index (κ3) is 5.18. The number of benzene rings is 1. The Bertz CT molecular complexity index is 738. The molecule has 0 saturated carbocycles. The fraction of sp³-hybridized carbons (Fsp3) is 0.294. The molecule has 0 bridgehead atoms. The van der Waals surface area contributed by atoms with Gasteiger partial charge in [-0.2, -0.15) is 0 Å². The first-order valence-electron chi connectivity index (χ1n) is 7.44. The number of aromatic nitrogens is 2. The van der Waals surface area contributed by atoms with Crippen LogP contribution in [0.3, 0.4) is 0 Å². The van der Waals surface area contributed by atoms with E-state index in [2.05, 4.69) is 10.3 Å². The van der Waals surface area contributed by atoms with E-state index in [1.54, 1.807) is 31.2 Å². The van der Waals surface area contributed by atoms with E-state index in [1.807, 2.05) is 6.07 Å². The van der Waals surface area contributed by atoms with E-state index in [4.69, 9.17) is 0 Å². The van der Waals surface area contributed by atoms with Gasteiger partial charge in [-0.3, -0.25) is 19.0 Å². The quantitative estimate of drug-likeness (QED) is 0.782. The van der Waals surface area contributed by atoms with Crippen molar-refractivity contribution in [1.82, 2.24) is 14.9 Å². The fourth-order valence-corrected chi connectivity index (χ4v) is 2.08. The Balaban J connectivity index is 1.73. The summed E-state index contributed by atoms with van der Waals surface area (Å²) in [6.07, 6.45) is 1.76. The maximum atomic E-state index is 11.9. The molecule has 120 valence electrons. The summed E-state index contributed by atoms with van der Waals surface area (Å²) in [5.74, 6) is -0.262. The minimum Gasteiger partial charge on any atom is -0.354 e. The van der Waals surface area contributed by atoms with Gasteiger partial charge in [-0.15, -0.1) is 0 Å². The van der Waals surface area contributed by atoms with E-state index in [0.29, 0.717) is 24.3 Å². The van der Waals surface area contributed by atoms with Crippen LogP contribution in [0.1, 0.15) is 28.9 Å². The van der Waals surface area contributed by atoms with E-state index >= 15 is 0 Å². The van der Waals surface area contributed by atoms with Gasteiger partial charge >= 0.3 is 0 Å². The number of Topliss-reactive ketones (excluding diaryl/α,β-unsaturated/α-hetero) is 1. The van der Waals surface area contributed by atoms with Gasteiger partial charge < -0.3 is 5.32 Å². The van der Waals surface area contributed by atoms with Crippen molar-refractivity contribution < 1.29 is 9.59 Å². The molecule has 1 amide bonds. The number of hydrogen-bond acceptors (Lipinski definition) is 4. The molecule has 1 aromatic heterocycles. The maximum Gasteiger partial charge on any atom is 0.253 e. The summed E-state index contributed by atoms with van der Waals surface area (Å²) in [4.78, 5) is 39.3. The average Bonchev–Trinajstić information content (AvgIpc) is 2.55. The highest BCUT2D eigenvalue weighted by atomic mass is 16.2. The van der Waals surface area contributed by atoms with Crippen molar-refractivity contribution in [2.24, 2.45) is 0 Å². The smallest absolute Gasteiger partial charge is 0.253 e. The van der Waals surface area contributed by atoms with Crippen LogP contribution >= 0.6 is 0 Å². The lowest BCUT2D eigenvalue weighted by Gasteiger charge is -2.07. The Morgan fingerprint density at radius 3 is 2.61 bits per heavy atom. The number of amides is 1. The highest BCUT2D eigenvalue weighted by Gasteiger charge is 2.08. The van der Waals surface area contributed by atoms with Crippen LogP contribution in [0, 0.1) is 6.92 Å². The van der Waals surface area contributed by atoms with E-state index < -0.39 is 0 Å². The molecular weight excluding hydrogens is 294 g/mol. The Morgan fingerprint density at radius 2 is 1.91 bits per heavy atom. The van der Waals surface area contributed by atoms with Crippen LogP contribution in [0.15, 0.2) is 47.5 Å². The van der Waals surface area contributed by atoms with Gasteiger partial charge in [0.2, 0.25) is 5.91 Å². The van der Waals surface area contributed by atoms with Gasteiger partial charge in [0.15, 0.2) is 5.78 Å². The molecule has 2 aromatic rings. The van der Waals surface area contributed by atoms with Crippen LogP contribution < -0.4 is 10.9 Å². The Kier molecular flexibility index (Phi) is 5.80. The summed E-state index contributed by atoms with van der Waals surface area (Å²) in [6, 6.07) is 10.3. The molecule has 0 spiro atoms. The van der Waals surface area contributed by atoms with Crippen molar-refractivity contribution in [3.05, 3.63) is 64.3 Å². The minimum absolute atomic E-state index is 0.0558. The molecule has 2 rings (SSSR count). The summed E-state index contributed by atoms with van der Waals surface area (Å²) in [6.45, 7) is 2.42. The first-order valence-corrected chi connectivity index (χ1v) is 7.44. The normalized spacial score (nSPS) is 10.3. The monoisotopic (exact) mass is 313 g/mol. The summed E-state index contributed by atoms with van der Waals surface area (Å²) in [5, 5.41) is 2.70.